The van der Waals surface area contributed by atoms with Gasteiger partial charge in [0.25, 0.3) is 0 Å². The highest BCUT2D eigenvalue weighted by Crippen LogP contribution is 2.27. The first-order valence-corrected chi connectivity index (χ1v) is 8.78. The lowest BCUT2D eigenvalue weighted by Gasteiger charge is -2.30. The Morgan fingerprint density at radius 1 is 1.43 bits per heavy atom. The Labute approximate surface area is 140 Å². The van der Waals surface area contributed by atoms with Crippen LogP contribution in [0.5, 0.6) is 5.75 Å². The van der Waals surface area contributed by atoms with Crippen LogP contribution in [0.25, 0.3) is 0 Å². The van der Waals surface area contributed by atoms with Crippen molar-refractivity contribution in [1.82, 2.24) is 10.0 Å². The van der Waals surface area contributed by atoms with Crippen LogP contribution in [0.4, 0.5) is 0 Å². The molecule has 5 nitrogen and oxygen atoms in total. The molecular weight excluding hydrogens is 380 g/mol. The minimum absolute atomic E-state index is 0. The van der Waals surface area contributed by atoms with Crippen LogP contribution in [0.2, 0.25) is 0 Å². The number of piperidine rings is 1. The first kappa shape index (κ1) is 18.7. The van der Waals surface area contributed by atoms with Gasteiger partial charge in [-0.1, -0.05) is 6.92 Å². The van der Waals surface area contributed by atoms with Gasteiger partial charge in [0.2, 0.25) is 10.0 Å². The van der Waals surface area contributed by atoms with Crippen LogP contribution in [-0.4, -0.2) is 34.7 Å². The van der Waals surface area contributed by atoms with E-state index in [2.05, 4.69) is 26.0 Å². The van der Waals surface area contributed by atoms with Gasteiger partial charge in [-0.15, -0.1) is 12.4 Å². The summed E-state index contributed by atoms with van der Waals surface area (Å²) in [4.78, 5) is 0.211. The number of methoxy groups -OCH3 is 1. The lowest BCUT2D eigenvalue weighted by molar-refractivity contribution is 0.328. The van der Waals surface area contributed by atoms with Crippen LogP contribution in [0.1, 0.15) is 13.3 Å². The second-order valence-corrected chi connectivity index (χ2v) is 7.53. The molecule has 1 heterocycles. The van der Waals surface area contributed by atoms with E-state index < -0.39 is 10.0 Å². The van der Waals surface area contributed by atoms with E-state index in [4.69, 9.17) is 4.74 Å². The van der Waals surface area contributed by atoms with Crippen molar-refractivity contribution in [1.29, 1.82) is 0 Å². The lowest BCUT2D eigenvalue weighted by Crippen LogP contribution is -2.48. The molecule has 1 fully saturated rings. The quantitative estimate of drug-likeness (QED) is 0.814. The Kier molecular flexibility index (Phi) is 6.93. The van der Waals surface area contributed by atoms with E-state index in [9.17, 15) is 8.42 Å². The Bertz CT molecular complexity index is 583. The van der Waals surface area contributed by atoms with Crippen molar-refractivity contribution in [3.05, 3.63) is 22.7 Å². The van der Waals surface area contributed by atoms with Gasteiger partial charge in [-0.25, -0.2) is 13.1 Å². The van der Waals surface area contributed by atoms with Crippen LogP contribution < -0.4 is 14.8 Å². The first-order valence-electron chi connectivity index (χ1n) is 6.50. The molecule has 0 aromatic heterocycles. The zero-order valence-electron chi connectivity index (χ0n) is 11.9. The second kappa shape index (κ2) is 7.78. The van der Waals surface area contributed by atoms with Crippen LogP contribution in [-0.2, 0) is 10.0 Å². The van der Waals surface area contributed by atoms with E-state index in [0.717, 1.165) is 19.5 Å². The van der Waals surface area contributed by atoms with Crippen LogP contribution in [0.3, 0.4) is 0 Å². The highest BCUT2D eigenvalue weighted by molar-refractivity contribution is 9.10. The molecule has 0 aliphatic carbocycles. The zero-order valence-corrected chi connectivity index (χ0v) is 15.1. The number of nitrogens with one attached hydrogen (secondary N) is 2. The Morgan fingerprint density at radius 3 is 2.76 bits per heavy atom. The fraction of sp³-hybridized carbons (Fsp3) is 0.538. The Morgan fingerprint density at radius 2 is 2.14 bits per heavy atom. The van der Waals surface area contributed by atoms with Crippen LogP contribution in [0, 0.1) is 5.92 Å². The summed E-state index contributed by atoms with van der Waals surface area (Å²) in [6.07, 6.45) is 0.794. The number of rotatable bonds is 4. The van der Waals surface area contributed by atoms with E-state index in [1.165, 1.54) is 13.2 Å². The standard InChI is InChI=1S/C13H19BrN2O3S.ClH/c1-9-8-15-6-5-12(9)16-20(17,18)13-7-10(19-2)3-4-11(13)14;/h3-4,7,9,12,15-16H,5-6,8H2,1-2H3;1H. The molecular formula is C13H20BrClN2O3S. The van der Waals surface area contributed by atoms with Gasteiger partial charge in [-0.3, -0.25) is 0 Å². The van der Waals surface area contributed by atoms with Gasteiger partial charge in [0.05, 0.1) is 12.0 Å². The summed E-state index contributed by atoms with van der Waals surface area (Å²) in [6, 6.07) is 4.88. The maximum Gasteiger partial charge on any atom is 0.242 e. The average molecular weight is 400 g/mol. The van der Waals surface area contributed by atoms with Crippen molar-refractivity contribution in [3.63, 3.8) is 0 Å². The molecule has 2 unspecified atom stereocenters. The molecule has 0 saturated carbocycles. The minimum atomic E-state index is -3.56. The molecule has 0 bridgehead atoms. The van der Waals surface area contributed by atoms with Crippen molar-refractivity contribution in [2.75, 3.05) is 20.2 Å². The van der Waals surface area contributed by atoms with E-state index in [0.29, 0.717) is 10.2 Å². The minimum Gasteiger partial charge on any atom is -0.497 e. The van der Waals surface area contributed by atoms with Crippen molar-refractivity contribution in [2.24, 2.45) is 5.92 Å². The molecule has 120 valence electrons. The summed E-state index contributed by atoms with van der Waals surface area (Å²) in [5.41, 5.74) is 0. The number of halogens is 2. The predicted molar refractivity (Wildman–Crippen MR) is 88.7 cm³/mol. The molecule has 1 aliphatic heterocycles. The van der Waals surface area contributed by atoms with Crippen molar-refractivity contribution in [2.45, 2.75) is 24.3 Å². The maximum atomic E-state index is 12.5. The largest absolute Gasteiger partial charge is 0.497 e. The zero-order chi connectivity index (χ0) is 14.8. The molecule has 1 aromatic carbocycles. The maximum absolute atomic E-state index is 12.5. The summed E-state index contributed by atoms with van der Waals surface area (Å²) in [6.45, 7) is 3.70. The third kappa shape index (κ3) is 4.56. The predicted octanol–water partition coefficient (Wildman–Crippen LogP) is 2.16. The van der Waals surface area contributed by atoms with Crippen LogP contribution >= 0.6 is 28.3 Å². The average Bonchev–Trinajstić information content (AvgIpc) is 2.41. The third-order valence-electron chi connectivity index (χ3n) is 3.52. The van der Waals surface area contributed by atoms with Gasteiger partial charge < -0.3 is 10.1 Å². The molecule has 0 amide bonds. The summed E-state index contributed by atoms with van der Waals surface area (Å²) < 4.78 is 33.5. The molecule has 8 heteroatoms. The summed E-state index contributed by atoms with van der Waals surface area (Å²) in [5.74, 6) is 0.787. The smallest absolute Gasteiger partial charge is 0.242 e. The summed E-state index contributed by atoms with van der Waals surface area (Å²) in [7, 11) is -2.04. The van der Waals surface area contributed by atoms with E-state index in [1.54, 1.807) is 12.1 Å². The molecule has 2 N–H and O–H groups in total. The molecule has 0 spiro atoms. The second-order valence-electron chi connectivity index (χ2n) is 4.99. The van der Waals surface area contributed by atoms with Crippen molar-refractivity contribution in [3.8, 4) is 5.75 Å². The van der Waals surface area contributed by atoms with Gasteiger partial charge in [-0.05, 0) is 53.5 Å². The molecule has 2 rings (SSSR count). The highest BCUT2D eigenvalue weighted by atomic mass is 79.9. The lowest BCUT2D eigenvalue weighted by atomic mass is 9.97. The first-order chi connectivity index (χ1) is 9.44. The number of ether oxygens (including phenoxy) is 1. The SMILES string of the molecule is COc1ccc(Br)c(S(=O)(=O)NC2CCNCC2C)c1.Cl. The highest BCUT2D eigenvalue weighted by Gasteiger charge is 2.28. The number of hydrogen-bond acceptors (Lipinski definition) is 4. The normalized spacial score (nSPS) is 22.4. The summed E-state index contributed by atoms with van der Waals surface area (Å²) in [5, 5.41) is 3.26. The van der Waals surface area contributed by atoms with Crippen LogP contribution in [0.15, 0.2) is 27.6 Å². The molecule has 1 aliphatic rings. The fourth-order valence-corrected chi connectivity index (χ4v) is 4.63. The molecule has 0 radical (unpaired) electrons. The van der Waals surface area contributed by atoms with E-state index in [1.807, 2.05) is 6.92 Å². The summed E-state index contributed by atoms with van der Waals surface area (Å²) >= 11 is 3.29. The fourth-order valence-electron chi connectivity index (χ4n) is 2.27. The third-order valence-corrected chi connectivity index (χ3v) is 6.00. The Balaban J connectivity index is 0.00000220. The monoisotopic (exact) mass is 398 g/mol. The number of hydrogen-bond donors (Lipinski definition) is 2. The van der Waals surface area contributed by atoms with E-state index >= 15 is 0 Å². The molecule has 2 atom stereocenters. The number of benzene rings is 1. The molecule has 21 heavy (non-hydrogen) atoms. The van der Waals surface area contributed by atoms with Gasteiger partial charge in [-0.2, -0.15) is 0 Å². The topological polar surface area (TPSA) is 67.4 Å². The molecule has 1 saturated heterocycles. The Hall–Kier alpha value is -0.340. The van der Waals surface area contributed by atoms with Crippen molar-refractivity contribution < 1.29 is 13.2 Å². The van der Waals surface area contributed by atoms with Gasteiger partial charge in [0, 0.05) is 16.6 Å². The van der Waals surface area contributed by atoms with E-state index in [-0.39, 0.29) is 29.3 Å². The van der Waals surface area contributed by atoms with Gasteiger partial charge in [0.15, 0.2) is 0 Å². The van der Waals surface area contributed by atoms with Gasteiger partial charge in [0.1, 0.15) is 5.75 Å². The molecule has 1 aromatic rings. The number of sulfonamides is 1. The van der Waals surface area contributed by atoms with Gasteiger partial charge >= 0.3 is 0 Å². The van der Waals surface area contributed by atoms with Crippen molar-refractivity contribution >= 4 is 38.4 Å².